The molecule has 2 aromatic heterocycles. The lowest BCUT2D eigenvalue weighted by atomic mass is 9.67. The van der Waals surface area contributed by atoms with Crippen LogP contribution in [0.2, 0.25) is 0 Å². The number of benzene rings is 8. The zero-order valence-corrected chi connectivity index (χ0v) is 33.4. The smallest absolute Gasteiger partial charge is 0.0780 e. The minimum Gasteiger partial charge on any atom is -0.256 e. The largest absolute Gasteiger partial charge is 0.256 e. The molecule has 0 saturated heterocycles. The first kappa shape index (κ1) is 34.7. The molecule has 0 radical (unpaired) electrons. The quantitative estimate of drug-likeness (QED) is 0.174. The summed E-state index contributed by atoms with van der Waals surface area (Å²) in [6, 6.07) is 77.4. The average Bonchev–Trinajstić information content (AvgIpc) is 3.61. The molecular weight excluding hydrogens is 745 g/mol. The van der Waals surface area contributed by atoms with Crippen LogP contribution in [-0.2, 0) is 5.41 Å². The van der Waals surface area contributed by atoms with Gasteiger partial charge in [0.1, 0.15) is 0 Å². The molecule has 0 amide bonds. The molecule has 0 N–H and O–H groups in total. The van der Waals surface area contributed by atoms with Crippen molar-refractivity contribution in [3.63, 3.8) is 0 Å². The summed E-state index contributed by atoms with van der Waals surface area (Å²) in [4.78, 5) is 12.9. The maximum absolute atomic E-state index is 5.45. The summed E-state index contributed by atoms with van der Waals surface area (Å²) in [6.45, 7) is 0. The van der Waals surface area contributed by atoms with Crippen molar-refractivity contribution in [3.05, 3.63) is 241 Å². The van der Waals surface area contributed by atoms with Crippen LogP contribution in [0.15, 0.2) is 228 Å². The second kappa shape index (κ2) is 13.9. The molecule has 280 valence electrons. The third kappa shape index (κ3) is 5.43. The van der Waals surface area contributed by atoms with E-state index in [1.54, 1.807) is 0 Å². The predicted octanol–water partition coefficient (Wildman–Crippen LogP) is 14.8. The van der Waals surface area contributed by atoms with Crippen LogP contribution >= 0.6 is 11.8 Å². The lowest BCUT2D eigenvalue weighted by molar-refractivity contribution is 0.723. The van der Waals surface area contributed by atoms with Crippen LogP contribution in [-0.4, -0.2) is 9.97 Å². The van der Waals surface area contributed by atoms with Gasteiger partial charge in [0.05, 0.1) is 22.3 Å². The van der Waals surface area contributed by atoms with Gasteiger partial charge in [-0.25, -0.2) is 4.98 Å². The SMILES string of the molecule is c1ccc(-c2cccc(-c3cc(-c4ccccc4)nc(-c4ccc5c(c4)C4(c6ccccc6Sc6ccccc64)c4cc(-c6cccc7cccnc67)ccc4-5)c3)c2)cc1. The summed E-state index contributed by atoms with van der Waals surface area (Å²) in [5.41, 5.74) is 19.2. The molecule has 1 aliphatic heterocycles. The highest BCUT2D eigenvalue weighted by Gasteiger charge is 2.50. The number of fused-ring (bicyclic) bond motifs is 10. The first-order valence-electron chi connectivity index (χ1n) is 20.5. The standard InChI is InChI=1S/C57H36N2S/c1-3-14-37(15-4-1)40-19-11-20-41(32-40)44-35-52(38-16-5-2-6-17-38)59-53(36-44)43-28-30-47-46-29-27-42(45-22-12-18-39-21-13-31-58-56(39)45)33-50(46)57(51(47)34-43)48-23-7-9-25-54(48)60-55-26-10-8-24-49(55)57/h1-36H. The molecule has 10 aromatic rings. The molecule has 0 unspecified atom stereocenters. The monoisotopic (exact) mass is 780 g/mol. The topological polar surface area (TPSA) is 25.8 Å². The van der Waals surface area contributed by atoms with Crippen molar-refractivity contribution in [3.8, 4) is 67.0 Å². The summed E-state index contributed by atoms with van der Waals surface area (Å²) in [5, 5.41) is 1.14. The van der Waals surface area contributed by atoms with E-state index in [1.807, 2.05) is 24.0 Å². The first-order valence-corrected chi connectivity index (χ1v) is 21.3. The van der Waals surface area contributed by atoms with E-state index in [2.05, 4.69) is 206 Å². The molecule has 8 aromatic carbocycles. The molecule has 60 heavy (non-hydrogen) atoms. The van der Waals surface area contributed by atoms with Crippen molar-refractivity contribution in [1.82, 2.24) is 9.97 Å². The minimum atomic E-state index is -0.559. The first-order chi connectivity index (χ1) is 29.7. The molecule has 0 atom stereocenters. The highest BCUT2D eigenvalue weighted by Crippen LogP contribution is 2.63. The van der Waals surface area contributed by atoms with Crippen molar-refractivity contribution in [1.29, 1.82) is 0 Å². The van der Waals surface area contributed by atoms with Gasteiger partial charge in [-0.1, -0.05) is 176 Å². The van der Waals surface area contributed by atoms with Crippen molar-refractivity contribution in [2.45, 2.75) is 15.2 Å². The Labute approximate surface area is 353 Å². The molecule has 3 heterocycles. The molecule has 2 nitrogen and oxygen atoms in total. The summed E-state index contributed by atoms with van der Waals surface area (Å²) in [7, 11) is 0. The van der Waals surface area contributed by atoms with Gasteiger partial charge in [0.15, 0.2) is 0 Å². The van der Waals surface area contributed by atoms with Gasteiger partial charge in [0.2, 0.25) is 0 Å². The molecule has 0 fully saturated rings. The Hall–Kier alpha value is -7.33. The van der Waals surface area contributed by atoms with E-state index in [0.717, 1.165) is 50.1 Å². The second-order valence-corrected chi connectivity index (χ2v) is 16.8. The van der Waals surface area contributed by atoms with E-state index in [1.165, 1.54) is 59.9 Å². The van der Waals surface area contributed by atoms with E-state index >= 15 is 0 Å². The van der Waals surface area contributed by atoms with E-state index in [-0.39, 0.29) is 0 Å². The lowest BCUT2D eigenvalue weighted by Crippen LogP contribution is -2.32. The molecule has 1 aliphatic carbocycles. The van der Waals surface area contributed by atoms with Crippen molar-refractivity contribution in [2.24, 2.45) is 0 Å². The number of hydrogen-bond donors (Lipinski definition) is 0. The molecule has 0 saturated carbocycles. The van der Waals surface area contributed by atoms with Crippen LogP contribution in [0.5, 0.6) is 0 Å². The van der Waals surface area contributed by atoms with Gasteiger partial charge in [-0.05, 0) is 110 Å². The zero-order chi connectivity index (χ0) is 39.6. The summed E-state index contributed by atoms with van der Waals surface area (Å²) in [6.07, 6.45) is 1.90. The van der Waals surface area contributed by atoms with Gasteiger partial charge >= 0.3 is 0 Å². The highest BCUT2D eigenvalue weighted by molar-refractivity contribution is 7.99. The van der Waals surface area contributed by atoms with Gasteiger partial charge in [-0.2, -0.15) is 0 Å². The fourth-order valence-corrected chi connectivity index (χ4v) is 10.9. The van der Waals surface area contributed by atoms with Crippen molar-refractivity contribution < 1.29 is 0 Å². The Kier molecular flexibility index (Phi) is 8.04. The van der Waals surface area contributed by atoms with Crippen LogP contribution in [0.25, 0.3) is 77.9 Å². The van der Waals surface area contributed by atoms with Gasteiger partial charge in [-0.15, -0.1) is 0 Å². The summed E-state index contributed by atoms with van der Waals surface area (Å²) >= 11 is 1.87. The molecule has 1 spiro atoms. The second-order valence-electron chi connectivity index (χ2n) is 15.7. The number of nitrogens with zero attached hydrogens (tertiary/aromatic N) is 2. The fourth-order valence-electron chi connectivity index (χ4n) is 9.67. The maximum Gasteiger partial charge on any atom is 0.0780 e. The fraction of sp³-hybridized carbons (Fsp3) is 0.0175. The maximum atomic E-state index is 5.45. The third-order valence-corrected chi connectivity index (χ3v) is 13.5. The number of rotatable bonds is 5. The van der Waals surface area contributed by atoms with Gasteiger partial charge < -0.3 is 0 Å². The Bertz CT molecular complexity index is 3250. The molecule has 0 bridgehead atoms. The highest BCUT2D eigenvalue weighted by atomic mass is 32.2. The predicted molar refractivity (Wildman–Crippen MR) is 248 cm³/mol. The number of aromatic nitrogens is 2. The Balaban J connectivity index is 1.10. The minimum absolute atomic E-state index is 0.559. The van der Waals surface area contributed by atoms with Crippen LogP contribution < -0.4 is 0 Å². The summed E-state index contributed by atoms with van der Waals surface area (Å²) < 4.78 is 0. The van der Waals surface area contributed by atoms with E-state index in [4.69, 9.17) is 9.97 Å². The van der Waals surface area contributed by atoms with Crippen molar-refractivity contribution >= 4 is 22.7 Å². The molecule has 3 heteroatoms. The van der Waals surface area contributed by atoms with Crippen LogP contribution in [0.4, 0.5) is 0 Å². The Morgan fingerprint density at radius 2 is 0.883 bits per heavy atom. The summed E-state index contributed by atoms with van der Waals surface area (Å²) in [5.74, 6) is 0. The number of para-hydroxylation sites is 1. The number of hydrogen-bond acceptors (Lipinski definition) is 3. The zero-order valence-electron chi connectivity index (χ0n) is 32.6. The Morgan fingerprint density at radius 1 is 0.333 bits per heavy atom. The van der Waals surface area contributed by atoms with E-state index in [9.17, 15) is 0 Å². The van der Waals surface area contributed by atoms with E-state index < -0.39 is 5.41 Å². The normalized spacial score (nSPS) is 13.1. The number of pyridine rings is 2. The van der Waals surface area contributed by atoms with Crippen LogP contribution in [0, 0.1) is 0 Å². The van der Waals surface area contributed by atoms with Gasteiger partial charge in [0, 0.05) is 38.1 Å². The van der Waals surface area contributed by atoms with Crippen molar-refractivity contribution in [2.75, 3.05) is 0 Å². The van der Waals surface area contributed by atoms with Crippen LogP contribution in [0.1, 0.15) is 22.3 Å². The Morgan fingerprint density at radius 3 is 1.60 bits per heavy atom. The van der Waals surface area contributed by atoms with Gasteiger partial charge in [0.25, 0.3) is 0 Å². The average molecular weight is 781 g/mol. The molecule has 2 aliphatic rings. The molecular formula is C57H36N2S. The van der Waals surface area contributed by atoms with E-state index in [0.29, 0.717) is 0 Å². The van der Waals surface area contributed by atoms with Crippen LogP contribution in [0.3, 0.4) is 0 Å². The van der Waals surface area contributed by atoms with Gasteiger partial charge in [-0.3, -0.25) is 4.98 Å². The lowest BCUT2D eigenvalue weighted by Gasteiger charge is -2.40. The third-order valence-electron chi connectivity index (χ3n) is 12.4. The molecule has 12 rings (SSSR count).